The normalized spacial score (nSPS) is 13.0. The van der Waals surface area contributed by atoms with Gasteiger partial charge in [-0.1, -0.05) is 74.7 Å². The van der Waals surface area contributed by atoms with Crippen LogP contribution >= 0.6 is 0 Å². The van der Waals surface area contributed by atoms with Crippen molar-refractivity contribution in [2.45, 2.75) is 51.4 Å². The molecule has 3 aromatic rings. The summed E-state index contributed by atoms with van der Waals surface area (Å²) in [7, 11) is 1.59. The molecule has 1 saturated carbocycles. The molecule has 0 spiro atoms. The molecule has 1 aliphatic rings. The summed E-state index contributed by atoms with van der Waals surface area (Å²) in [6.07, 6.45) is 15.7. The molecule has 0 radical (unpaired) electrons. The van der Waals surface area contributed by atoms with Gasteiger partial charge in [-0.25, -0.2) is 14.4 Å². The molecule has 1 aliphatic carbocycles. The van der Waals surface area contributed by atoms with E-state index < -0.39 is 17.9 Å². The van der Waals surface area contributed by atoms with Crippen LogP contribution in [0.3, 0.4) is 0 Å². The van der Waals surface area contributed by atoms with Gasteiger partial charge in [0.1, 0.15) is 11.5 Å². The summed E-state index contributed by atoms with van der Waals surface area (Å²) < 4.78 is 10.3. The fraction of sp³-hybridized carbons (Fsp3) is 0.270. The summed E-state index contributed by atoms with van der Waals surface area (Å²) in [5, 5.41) is 25.3. The van der Waals surface area contributed by atoms with Crippen LogP contribution in [0.1, 0.15) is 73.6 Å². The van der Waals surface area contributed by atoms with Crippen LogP contribution in [0.15, 0.2) is 91.0 Å². The van der Waals surface area contributed by atoms with Crippen LogP contribution in [-0.4, -0.2) is 46.9 Å². The highest BCUT2D eigenvalue weighted by molar-refractivity contribution is 5.86. The van der Waals surface area contributed by atoms with E-state index >= 15 is 0 Å². The van der Waals surface area contributed by atoms with Crippen molar-refractivity contribution in [2.75, 3.05) is 13.7 Å². The fourth-order valence-electron chi connectivity index (χ4n) is 4.43. The summed E-state index contributed by atoms with van der Waals surface area (Å²) in [6.45, 7) is 2.74. The number of methoxy groups -OCH3 is 1. The molecule has 0 saturated heterocycles. The highest BCUT2D eigenvalue weighted by Crippen LogP contribution is 2.32. The van der Waals surface area contributed by atoms with E-state index in [-0.39, 0.29) is 0 Å². The molecule has 0 aromatic heterocycles. The summed E-state index contributed by atoms with van der Waals surface area (Å²) in [5.74, 6) is -0.517. The summed E-state index contributed by atoms with van der Waals surface area (Å²) in [4.78, 5) is 30.9. The van der Waals surface area contributed by atoms with Crippen molar-refractivity contribution in [2.24, 2.45) is 0 Å². The molecule has 0 unspecified atom stereocenters. The van der Waals surface area contributed by atoms with Crippen molar-refractivity contribution in [3.05, 3.63) is 113 Å². The Balaban J connectivity index is 0.000000238. The lowest BCUT2D eigenvalue weighted by molar-refractivity contribution is -0.132. The smallest absolute Gasteiger partial charge is 0.328 e. The predicted molar refractivity (Wildman–Crippen MR) is 177 cm³/mol. The number of aliphatic carboxylic acids is 3. The second kappa shape index (κ2) is 20.7. The molecule has 45 heavy (non-hydrogen) atoms. The number of benzene rings is 3. The Bertz CT molecular complexity index is 1400. The second-order valence-electron chi connectivity index (χ2n) is 10.2. The van der Waals surface area contributed by atoms with Gasteiger partial charge in [-0.2, -0.15) is 0 Å². The lowest BCUT2D eigenvalue weighted by atomic mass is 9.84. The van der Waals surface area contributed by atoms with Gasteiger partial charge in [0.25, 0.3) is 0 Å². The van der Waals surface area contributed by atoms with Gasteiger partial charge in [-0.15, -0.1) is 0 Å². The Morgan fingerprint density at radius 1 is 0.644 bits per heavy atom. The van der Waals surface area contributed by atoms with Gasteiger partial charge in [-0.3, -0.25) is 0 Å². The average molecular weight is 615 g/mol. The molecule has 0 heterocycles. The Labute approximate surface area is 265 Å². The number of ether oxygens (including phenoxy) is 2. The van der Waals surface area contributed by atoms with Crippen molar-refractivity contribution < 1.29 is 39.2 Å². The predicted octanol–water partition coefficient (Wildman–Crippen LogP) is 8.20. The van der Waals surface area contributed by atoms with Gasteiger partial charge >= 0.3 is 17.9 Å². The molecule has 0 aliphatic heterocycles. The zero-order valence-corrected chi connectivity index (χ0v) is 25.8. The molecule has 0 bridgehead atoms. The minimum atomic E-state index is -0.948. The van der Waals surface area contributed by atoms with Crippen molar-refractivity contribution in [3.8, 4) is 11.5 Å². The maximum Gasteiger partial charge on any atom is 0.328 e. The molecule has 0 atom stereocenters. The van der Waals surface area contributed by atoms with E-state index in [1.807, 2.05) is 43.3 Å². The summed E-state index contributed by atoms with van der Waals surface area (Å²) >= 11 is 0. The van der Waals surface area contributed by atoms with E-state index in [9.17, 15) is 14.4 Å². The average Bonchev–Trinajstić information content (AvgIpc) is 3.06. The Morgan fingerprint density at radius 3 is 1.42 bits per heavy atom. The molecule has 3 aromatic carbocycles. The Hall–Kier alpha value is -5.11. The van der Waals surface area contributed by atoms with E-state index in [4.69, 9.17) is 24.8 Å². The van der Waals surface area contributed by atoms with Crippen LogP contribution in [0.5, 0.6) is 11.5 Å². The fourth-order valence-corrected chi connectivity index (χ4v) is 4.43. The molecule has 0 amide bonds. The van der Waals surface area contributed by atoms with E-state index in [1.165, 1.54) is 49.8 Å². The third-order valence-corrected chi connectivity index (χ3v) is 6.74. The first kappa shape index (κ1) is 36.1. The van der Waals surface area contributed by atoms with Crippen molar-refractivity contribution in [1.82, 2.24) is 0 Å². The van der Waals surface area contributed by atoms with Crippen LogP contribution in [0.4, 0.5) is 0 Å². The summed E-state index contributed by atoms with van der Waals surface area (Å²) in [5.41, 5.74) is 4.04. The summed E-state index contributed by atoms with van der Waals surface area (Å²) in [6, 6.07) is 22.7. The number of carboxylic acids is 3. The van der Waals surface area contributed by atoms with Crippen LogP contribution in [0.2, 0.25) is 0 Å². The maximum atomic E-state index is 10.4. The van der Waals surface area contributed by atoms with Crippen LogP contribution in [-0.2, 0) is 14.4 Å². The third kappa shape index (κ3) is 15.8. The Kier molecular flexibility index (Phi) is 16.6. The van der Waals surface area contributed by atoms with Crippen molar-refractivity contribution in [3.63, 3.8) is 0 Å². The maximum absolute atomic E-state index is 10.4. The molecule has 3 N–H and O–H groups in total. The standard InChI is InChI=1S/C15H18O2.C12H14O3.C10H10O3/c16-15(17)11-8-12-6-9-14(10-7-12)13-4-2-1-3-5-13;1-2-9-15-11-6-3-10(4-7-11)5-8-12(13)14;1-13-9-5-2-8(3-6-9)4-7-10(11)12/h6-11,13H,1-5H2,(H,16,17);3-8H,2,9H2,1H3,(H,13,14);2-7H,1H3,(H,11,12)/b11-8+;8-5+;7-4+. The highest BCUT2D eigenvalue weighted by atomic mass is 16.5. The number of carboxylic acid groups (broad SMARTS) is 3. The van der Waals surface area contributed by atoms with Gasteiger partial charge in [0, 0.05) is 18.2 Å². The van der Waals surface area contributed by atoms with Gasteiger partial charge in [0.15, 0.2) is 0 Å². The van der Waals surface area contributed by atoms with Gasteiger partial charge in [-0.05, 0) is 89.9 Å². The number of carbonyl (C=O) groups is 3. The molecule has 8 nitrogen and oxygen atoms in total. The zero-order chi connectivity index (χ0) is 32.9. The molecule has 4 rings (SSSR count). The number of rotatable bonds is 11. The first-order valence-electron chi connectivity index (χ1n) is 14.9. The first-order chi connectivity index (χ1) is 21.7. The van der Waals surface area contributed by atoms with Crippen LogP contribution in [0.25, 0.3) is 18.2 Å². The van der Waals surface area contributed by atoms with Gasteiger partial charge < -0.3 is 24.8 Å². The minimum Gasteiger partial charge on any atom is -0.497 e. The lowest BCUT2D eigenvalue weighted by Crippen LogP contribution is -2.04. The third-order valence-electron chi connectivity index (χ3n) is 6.74. The topological polar surface area (TPSA) is 130 Å². The van der Waals surface area contributed by atoms with Crippen LogP contribution < -0.4 is 9.47 Å². The molecular formula is C37H42O8. The van der Waals surface area contributed by atoms with E-state index in [0.29, 0.717) is 12.5 Å². The molecule has 1 fully saturated rings. The zero-order valence-electron chi connectivity index (χ0n) is 25.8. The number of hydrogen-bond acceptors (Lipinski definition) is 5. The van der Waals surface area contributed by atoms with Crippen LogP contribution in [0, 0.1) is 0 Å². The molecule has 238 valence electrons. The second-order valence-corrected chi connectivity index (χ2v) is 10.2. The quantitative estimate of drug-likeness (QED) is 0.184. The highest BCUT2D eigenvalue weighted by Gasteiger charge is 2.14. The van der Waals surface area contributed by atoms with Gasteiger partial charge in [0.2, 0.25) is 0 Å². The molecular weight excluding hydrogens is 572 g/mol. The van der Waals surface area contributed by atoms with E-state index in [0.717, 1.165) is 46.8 Å². The monoisotopic (exact) mass is 614 g/mol. The van der Waals surface area contributed by atoms with Crippen molar-refractivity contribution in [1.29, 1.82) is 0 Å². The number of hydrogen-bond donors (Lipinski definition) is 3. The first-order valence-corrected chi connectivity index (χ1v) is 14.9. The minimum absolute atomic E-state index is 0.699. The Morgan fingerprint density at radius 2 is 1.04 bits per heavy atom. The van der Waals surface area contributed by atoms with E-state index in [1.54, 1.807) is 43.5 Å². The molecule has 8 heteroatoms. The van der Waals surface area contributed by atoms with Gasteiger partial charge in [0.05, 0.1) is 13.7 Å². The lowest BCUT2D eigenvalue weighted by Gasteiger charge is -2.21. The van der Waals surface area contributed by atoms with E-state index in [2.05, 4.69) is 12.1 Å². The SMILES string of the molecule is CCCOc1ccc(/C=C/C(=O)O)cc1.COc1ccc(/C=C/C(=O)O)cc1.O=C(O)/C=C/c1ccc(C2CCCCC2)cc1. The van der Waals surface area contributed by atoms with Crippen molar-refractivity contribution >= 4 is 36.1 Å². The largest absolute Gasteiger partial charge is 0.497 e.